The lowest BCUT2D eigenvalue weighted by Gasteiger charge is -2.03. The summed E-state index contributed by atoms with van der Waals surface area (Å²) in [6.45, 7) is 4.78. The summed E-state index contributed by atoms with van der Waals surface area (Å²) >= 11 is 3.19. The van der Waals surface area contributed by atoms with Crippen molar-refractivity contribution in [2.24, 2.45) is 5.92 Å². The molecule has 82 valence electrons. The molecule has 1 amide bonds. The van der Waals surface area contributed by atoms with Crippen LogP contribution in [-0.2, 0) is 4.79 Å². The van der Waals surface area contributed by atoms with Crippen molar-refractivity contribution in [3.8, 4) is 0 Å². The predicted molar refractivity (Wildman–Crippen MR) is 63.3 cm³/mol. The quantitative estimate of drug-likeness (QED) is 0.856. The SMILES string of the molecule is CC(C)CNC(=O)C=Cc1ccc(Br)o1. The Kier molecular flexibility index (Phi) is 4.62. The van der Waals surface area contributed by atoms with E-state index in [2.05, 4.69) is 21.2 Å². The maximum Gasteiger partial charge on any atom is 0.244 e. The van der Waals surface area contributed by atoms with Crippen molar-refractivity contribution in [1.29, 1.82) is 0 Å². The Labute approximate surface area is 97.7 Å². The average molecular weight is 272 g/mol. The van der Waals surface area contributed by atoms with Crippen LogP contribution in [0.3, 0.4) is 0 Å². The van der Waals surface area contributed by atoms with Crippen LogP contribution in [0.2, 0.25) is 0 Å². The van der Waals surface area contributed by atoms with Crippen LogP contribution in [0.25, 0.3) is 6.08 Å². The number of carbonyl (C=O) groups is 1. The molecule has 0 aliphatic heterocycles. The normalized spacial score (nSPS) is 11.2. The molecular weight excluding hydrogens is 258 g/mol. The predicted octanol–water partition coefficient (Wildman–Crippen LogP) is 2.83. The molecule has 0 atom stereocenters. The van der Waals surface area contributed by atoms with E-state index in [1.54, 1.807) is 18.2 Å². The Morgan fingerprint density at radius 3 is 2.87 bits per heavy atom. The number of nitrogens with one attached hydrogen (secondary N) is 1. The van der Waals surface area contributed by atoms with E-state index in [4.69, 9.17) is 4.42 Å². The zero-order valence-electron chi connectivity index (χ0n) is 8.79. The van der Waals surface area contributed by atoms with Crippen molar-refractivity contribution in [2.75, 3.05) is 6.54 Å². The second kappa shape index (κ2) is 5.75. The fraction of sp³-hybridized carbons (Fsp3) is 0.364. The highest BCUT2D eigenvalue weighted by Crippen LogP contribution is 2.14. The number of carbonyl (C=O) groups excluding carboxylic acids is 1. The van der Waals surface area contributed by atoms with Crippen LogP contribution in [0.5, 0.6) is 0 Å². The molecule has 0 aliphatic carbocycles. The van der Waals surface area contributed by atoms with Crippen LogP contribution < -0.4 is 5.32 Å². The highest BCUT2D eigenvalue weighted by Gasteiger charge is 1.98. The van der Waals surface area contributed by atoms with E-state index in [1.165, 1.54) is 6.08 Å². The van der Waals surface area contributed by atoms with Gasteiger partial charge in [-0.05, 0) is 40.1 Å². The van der Waals surface area contributed by atoms with Gasteiger partial charge in [-0.2, -0.15) is 0 Å². The second-order valence-corrected chi connectivity index (χ2v) is 4.40. The number of hydrogen-bond donors (Lipinski definition) is 1. The topological polar surface area (TPSA) is 42.2 Å². The van der Waals surface area contributed by atoms with Crippen molar-refractivity contribution in [1.82, 2.24) is 5.32 Å². The number of hydrogen-bond acceptors (Lipinski definition) is 2. The molecule has 15 heavy (non-hydrogen) atoms. The van der Waals surface area contributed by atoms with Crippen molar-refractivity contribution in [2.45, 2.75) is 13.8 Å². The van der Waals surface area contributed by atoms with Crippen molar-refractivity contribution in [3.05, 3.63) is 28.6 Å². The lowest BCUT2D eigenvalue weighted by Crippen LogP contribution is -2.25. The molecule has 0 unspecified atom stereocenters. The van der Waals surface area contributed by atoms with E-state index >= 15 is 0 Å². The summed E-state index contributed by atoms with van der Waals surface area (Å²) in [5.41, 5.74) is 0. The summed E-state index contributed by atoms with van der Waals surface area (Å²) in [4.78, 5) is 11.3. The van der Waals surface area contributed by atoms with Gasteiger partial charge in [0.05, 0.1) is 0 Å². The minimum Gasteiger partial charge on any atom is -0.450 e. The summed E-state index contributed by atoms with van der Waals surface area (Å²) in [7, 11) is 0. The van der Waals surface area contributed by atoms with Crippen LogP contribution in [-0.4, -0.2) is 12.5 Å². The summed E-state index contributed by atoms with van der Waals surface area (Å²) in [6, 6.07) is 3.57. The summed E-state index contributed by atoms with van der Waals surface area (Å²) in [5, 5.41) is 2.78. The Balaban J connectivity index is 2.40. The van der Waals surface area contributed by atoms with Gasteiger partial charge in [-0.15, -0.1) is 0 Å². The molecule has 0 aliphatic rings. The summed E-state index contributed by atoms with van der Waals surface area (Å²) in [5.74, 6) is 1.01. The Bertz CT molecular complexity index is 355. The highest BCUT2D eigenvalue weighted by atomic mass is 79.9. The molecule has 0 bridgehead atoms. The van der Waals surface area contributed by atoms with E-state index < -0.39 is 0 Å². The molecule has 0 fully saturated rings. The van der Waals surface area contributed by atoms with Crippen LogP contribution in [0.15, 0.2) is 27.3 Å². The minimum absolute atomic E-state index is 0.101. The summed E-state index contributed by atoms with van der Waals surface area (Å²) in [6.07, 6.45) is 3.11. The first-order valence-electron chi connectivity index (χ1n) is 4.79. The third-order valence-electron chi connectivity index (χ3n) is 1.68. The van der Waals surface area contributed by atoms with E-state index in [0.29, 0.717) is 22.9 Å². The second-order valence-electron chi connectivity index (χ2n) is 3.61. The molecule has 3 nitrogen and oxygen atoms in total. The fourth-order valence-electron chi connectivity index (χ4n) is 0.939. The van der Waals surface area contributed by atoms with Crippen LogP contribution >= 0.6 is 15.9 Å². The van der Waals surface area contributed by atoms with Crippen molar-refractivity contribution < 1.29 is 9.21 Å². The Hall–Kier alpha value is -1.03. The monoisotopic (exact) mass is 271 g/mol. The Morgan fingerprint density at radius 1 is 1.60 bits per heavy atom. The van der Waals surface area contributed by atoms with Gasteiger partial charge in [0.15, 0.2) is 4.67 Å². The van der Waals surface area contributed by atoms with Gasteiger partial charge in [-0.1, -0.05) is 13.8 Å². The number of halogens is 1. The van der Waals surface area contributed by atoms with Gasteiger partial charge in [0.25, 0.3) is 0 Å². The lowest BCUT2D eigenvalue weighted by molar-refractivity contribution is -0.116. The van der Waals surface area contributed by atoms with Crippen LogP contribution in [0, 0.1) is 5.92 Å². The van der Waals surface area contributed by atoms with E-state index in [0.717, 1.165) is 0 Å². The van der Waals surface area contributed by atoms with Crippen LogP contribution in [0.1, 0.15) is 19.6 Å². The van der Waals surface area contributed by atoms with E-state index in [-0.39, 0.29) is 5.91 Å². The fourth-order valence-corrected chi connectivity index (χ4v) is 1.26. The average Bonchev–Trinajstić information content (AvgIpc) is 2.58. The van der Waals surface area contributed by atoms with Gasteiger partial charge < -0.3 is 9.73 Å². The van der Waals surface area contributed by atoms with Gasteiger partial charge in [0, 0.05) is 12.6 Å². The van der Waals surface area contributed by atoms with Crippen LogP contribution in [0.4, 0.5) is 0 Å². The maximum atomic E-state index is 11.3. The molecule has 1 heterocycles. The molecule has 1 N–H and O–H groups in total. The summed E-state index contributed by atoms with van der Waals surface area (Å²) < 4.78 is 5.87. The third-order valence-corrected chi connectivity index (χ3v) is 2.10. The van der Waals surface area contributed by atoms with Gasteiger partial charge in [-0.3, -0.25) is 4.79 Å². The lowest BCUT2D eigenvalue weighted by atomic mass is 10.2. The standard InChI is InChI=1S/C11H14BrNO2/c1-8(2)7-13-11(14)6-4-9-3-5-10(12)15-9/h3-6,8H,7H2,1-2H3,(H,13,14). The van der Waals surface area contributed by atoms with Crippen molar-refractivity contribution in [3.63, 3.8) is 0 Å². The smallest absolute Gasteiger partial charge is 0.244 e. The molecule has 1 aromatic rings. The molecule has 0 radical (unpaired) electrons. The molecule has 0 aromatic carbocycles. The maximum absolute atomic E-state index is 11.3. The first-order chi connectivity index (χ1) is 7.08. The number of furan rings is 1. The zero-order chi connectivity index (χ0) is 11.3. The van der Waals surface area contributed by atoms with Gasteiger partial charge >= 0.3 is 0 Å². The molecule has 1 aromatic heterocycles. The molecular formula is C11H14BrNO2. The molecule has 0 saturated heterocycles. The molecule has 1 rings (SSSR count). The minimum atomic E-state index is -0.101. The first kappa shape index (κ1) is 12.0. The van der Waals surface area contributed by atoms with E-state index in [1.807, 2.05) is 13.8 Å². The van der Waals surface area contributed by atoms with E-state index in [9.17, 15) is 4.79 Å². The van der Waals surface area contributed by atoms with Crippen molar-refractivity contribution >= 4 is 27.9 Å². The van der Waals surface area contributed by atoms with Gasteiger partial charge in [0.2, 0.25) is 5.91 Å². The number of rotatable bonds is 4. The number of amides is 1. The molecule has 0 spiro atoms. The first-order valence-corrected chi connectivity index (χ1v) is 5.58. The highest BCUT2D eigenvalue weighted by molar-refractivity contribution is 9.10. The molecule has 0 saturated carbocycles. The van der Waals surface area contributed by atoms with Gasteiger partial charge in [-0.25, -0.2) is 0 Å². The third kappa shape index (κ3) is 4.83. The molecule has 4 heteroatoms. The Morgan fingerprint density at radius 2 is 2.33 bits per heavy atom. The van der Waals surface area contributed by atoms with Gasteiger partial charge in [0.1, 0.15) is 5.76 Å². The zero-order valence-corrected chi connectivity index (χ0v) is 10.4. The largest absolute Gasteiger partial charge is 0.450 e.